The van der Waals surface area contributed by atoms with E-state index in [-0.39, 0.29) is 6.42 Å². The average Bonchev–Trinajstić information content (AvgIpc) is 2.56. The number of anilines is 2. The van der Waals surface area contributed by atoms with Gasteiger partial charge in [-0.2, -0.15) is 0 Å². The van der Waals surface area contributed by atoms with Crippen LogP contribution in [0.3, 0.4) is 0 Å². The second kappa shape index (κ2) is 8.21. The Morgan fingerprint density at radius 1 is 0.958 bits per heavy atom. The number of rotatable bonds is 6. The van der Waals surface area contributed by atoms with E-state index in [0.717, 1.165) is 0 Å². The molecule has 0 aliphatic carbocycles. The molecule has 0 spiro atoms. The molecule has 2 aromatic carbocycles. The van der Waals surface area contributed by atoms with Crippen molar-refractivity contribution in [3.63, 3.8) is 0 Å². The van der Waals surface area contributed by atoms with Crippen molar-refractivity contribution in [2.45, 2.75) is 6.42 Å². The van der Waals surface area contributed by atoms with Crippen LogP contribution in [0.5, 0.6) is 11.5 Å². The van der Waals surface area contributed by atoms with Crippen LogP contribution in [0.1, 0.15) is 6.42 Å². The van der Waals surface area contributed by atoms with Crippen LogP contribution in [-0.2, 0) is 9.59 Å². The summed E-state index contributed by atoms with van der Waals surface area (Å²) in [4.78, 5) is 24.0. The van der Waals surface area contributed by atoms with Crippen molar-refractivity contribution in [3.8, 4) is 11.5 Å². The maximum absolute atomic E-state index is 12.1. The normalized spacial score (nSPS) is 9.96. The van der Waals surface area contributed by atoms with E-state index in [1.165, 1.54) is 14.2 Å². The molecule has 0 bridgehead atoms. The molecule has 2 amide bonds. The van der Waals surface area contributed by atoms with Gasteiger partial charge in [-0.1, -0.05) is 23.7 Å². The molecule has 0 heterocycles. The molecule has 6 nitrogen and oxygen atoms in total. The molecule has 0 unspecified atom stereocenters. The number of halogens is 1. The zero-order valence-corrected chi connectivity index (χ0v) is 14.0. The van der Waals surface area contributed by atoms with E-state index in [1.54, 1.807) is 42.5 Å². The van der Waals surface area contributed by atoms with Gasteiger partial charge in [0.2, 0.25) is 11.8 Å². The first-order valence-electron chi connectivity index (χ1n) is 7.09. The van der Waals surface area contributed by atoms with Gasteiger partial charge in [0, 0.05) is 6.07 Å². The van der Waals surface area contributed by atoms with Crippen LogP contribution in [0.4, 0.5) is 11.4 Å². The number of methoxy groups -OCH3 is 2. The maximum Gasteiger partial charge on any atom is 0.233 e. The summed E-state index contributed by atoms with van der Waals surface area (Å²) < 4.78 is 10.3. The highest BCUT2D eigenvalue weighted by Gasteiger charge is 2.14. The van der Waals surface area contributed by atoms with E-state index in [1.807, 2.05) is 0 Å². The van der Waals surface area contributed by atoms with Gasteiger partial charge in [0.05, 0.1) is 30.6 Å². The second-order valence-electron chi connectivity index (χ2n) is 4.82. The zero-order chi connectivity index (χ0) is 17.5. The number of amides is 2. The predicted octanol–water partition coefficient (Wildman–Crippen LogP) is 3.32. The summed E-state index contributed by atoms with van der Waals surface area (Å²) in [6, 6.07) is 11.8. The van der Waals surface area contributed by atoms with Crippen LogP contribution in [0.25, 0.3) is 0 Å². The molecule has 2 aromatic rings. The van der Waals surface area contributed by atoms with Crippen molar-refractivity contribution in [2.75, 3.05) is 24.9 Å². The van der Waals surface area contributed by atoms with Crippen molar-refractivity contribution in [2.24, 2.45) is 0 Å². The highest BCUT2D eigenvalue weighted by Crippen LogP contribution is 2.29. The lowest BCUT2D eigenvalue weighted by Crippen LogP contribution is -2.21. The Morgan fingerprint density at radius 3 is 2.25 bits per heavy atom. The average molecular weight is 349 g/mol. The van der Waals surface area contributed by atoms with Crippen LogP contribution in [0.15, 0.2) is 42.5 Å². The molecule has 2 rings (SSSR count). The number of nitrogens with one attached hydrogen (secondary N) is 2. The van der Waals surface area contributed by atoms with E-state index in [9.17, 15) is 9.59 Å². The fourth-order valence-corrected chi connectivity index (χ4v) is 2.19. The maximum atomic E-state index is 12.1. The molecule has 0 aliphatic rings. The summed E-state index contributed by atoms with van der Waals surface area (Å²) in [7, 11) is 3.01. The Labute approximate surface area is 144 Å². The largest absolute Gasteiger partial charge is 0.497 e. The highest BCUT2D eigenvalue weighted by atomic mass is 35.5. The monoisotopic (exact) mass is 348 g/mol. The van der Waals surface area contributed by atoms with Crippen LogP contribution in [-0.4, -0.2) is 26.0 Å². The van der Waals surface area contributed by atoms with Gasteiger partial charge in [-0.3, -0.25) is 9.59 Å². The van der Waals surface area contributed by atoms with E-state index >= 15 is 0 Å². The van der Waals surface area contributed by atoms with E-state index < -0.39 is 11.8 Å². The SMILES string of the molecule is COc1ccc(OC)c(NC(=O)CC(=O)Nc2ccccc2Cl)c1. The molecule has 24 heavy (non-hydrogen) atoms. The van der Waals surface area contributed by atoms with Gasteiger partial charge in [-0.05, 0) is 24.3 Å². The Bertz CT molecular complexity index is 749. The molecule has 0 aromatic heterocycles. The minimum Gasteiger partial charge on any atom is -0.497 e. The molecule has 7 heteroatoms. The van der Waals surface area contributed by atoms with E-state index in [0.29, 0.717) is 27.9 Å². The quantitative estimate of drug-likeness (QED) is 0.785. The molecule has 0 radical (unpaired) electrons. The number of carbonyl (C=O) groups excluding carboxylic acids is 2. The lowest BCUT2D eigenvalue weighted by molar-refractivity contribution is -0.123. The first kappa shape index (κ1) is 17.6. The van der Waals surface area contributed by atoms with E-state index in [4.69, 9.17) is 21.1 Å². The summed E-state index contributed by atoms with van der Waals surface area (Å²) in [5, 5.41) is 5.62. The third-order valence-corrected chi connectivity index (χ3v) is 3.48. The Kier molecular flexibility index (Phi) is 6.03. The molecule has 0 saturated carbocycles. The minimum absolute atomic E-state index is 0.356. The molecule has 0 saturated heterocycles. The molecule has 0 fully saturated rings. The molecule has 0 atom stereocenters. The number of para-hydroxylation sites is 1. The smallest absolute Gasteiger partial charge is 0.233 e. The standard InChI is InChI=1S/C17H17ClN2O4/c1-23-11-7-8-15(24-2)14(9-11)20-17(22)10-16(21)19-13-6-4-3-5-12(13)18/h3-9H,10H2,1-2H3,(H,19,21)(H,20,22). The summed E-state index contributed by atoms with van der Waals surface area (Å²) in [6.45, 7) is 0. The number of hydrogen-bond acceptors (Lipinski definition) is 4. The molecular weight excluding hydrogens is 332 g/mol. The molecule has 0 aliphatic heterocycles. The summed E-state index contributed by atoms with van der Waals surface area (Å²) in [6.07, 6.45) is -0.356. The lowest BCUT2D eigenvalue weighted by Gasteiger charge is -2.12. The van der Waals surface area contributed by atoms with Crippen molar-refractivity contribution >= 4 is 34.8 Å². The van der Waals surface area contributed by atoms with Gasteiger partial charge in [0.15, 0.2) is 0 Å². The van der Waals surface area contributed by atoms with Gasteiger partial charge in [0.1, 0.15) is 17.9 Å². The van der Waals surface area contributed by atoms with Crippen molar-refractivity contribution in [1.82, 2.24) is 0 Å². The van der Waals surface area contributed by atoms with Crippen molar-refractivity contribution in [1.29, 1.82) is 0 Å². The first-order valence-corrected chi connectivity index (χ1v) is 7.47. The number of carbonyl (C=O) groups is 2. The zero-order valence-electron chi connectivity index (χ0n) is 13.3. The van der Waals surface area contributed by atoms with Crippen LogP contribution < -0.4 is 20.1 Å². The highest BCUT2D eigenvalue weighted by molar-refractivity contribution is 6.33. The fraction of sp³-hybridized carbons (Fsp3) is 0.176. The fourth-order valence-electron chi connectivity index (χ4n) is 2.01. The second-order valence-corrected chi connectivity index (χ2v) is 5.23. The molecule has 2 N–H and O–H groups in total. The minimum atomic E-state index is -0.480. The van der Waals surface area contributed by atoms with Crippen LogP contribution >= 0.6 is 11.6 Å². The first-order chi connectivity index (χ1) is 11.5. The number of ether oxygens (including phenoxy) is 2. The van der Waals surface area contributed by atoms with Gasteiger partial charge in [0.25, 0.3) is 0 Å². The predicted molar refractivity (Wildman–Crippen MR) is 92.9 cm³/mol. The summed E-state index contributed by atoms with van der Waals surface area (Å²) in [5.41, 5.74) is 0.878. The lowest BCUT2D eigenvalue weighted by atomic mass is 10.2. The number of benzene rings is 2. The molecular formula is C17H17ClN2O4. The van der Waals surface area contributed by atoms with Crippen LogP contribution in [0, 0.1) is 0 Å². The van der Waals surface area contributed by atoms with Crippen molar-refractivity contribution < 1.29 is 19.1 Å². The van der Waals surface area contributed by atoms with Crippen molar-refractivity contribution in [3.05, 3.63) is 47.5 Å². The van der Waals surface area contributed by atoms with Gasteiger partial charge < -0.3 is 20.1 Å². The third kappa shape index (κ3) is 4.63. The summed E-state index contributed by atoms with van der Waals surface area (Å²) >= 11 is 5.96. The Morgan fingerprint density at radius 2 is 1.62 bits per heavy atom. The topological polar surface area (TPSA) is 76.7 Å². The Hall–Kier alpha value is -2.73. The summed E-state index contributed by atoms with van der Waals surface area (Å²) in [5.74, 6) is 0.0795. The van der Waals surface area contributed by atoms with Crippen LogP contribution in [0.2, 0.25) is 5.02 Å². The number of hydrogen-bond donors (Lipinski definition) is 2. The van der Waals surface area contributed by atoms with E-state index in [2.05, 4.69) is 10.6 Å². The van der Waals surface area contributed by atoms with Gasteiger partial charge in [-0.25, -0.2) is 0 Å². The van der Waals surface area contributed by atoms with Gasteiger partial charge in [-0.15, -0.1) is 0 Å². The Balaban J connectivity index is 2.00. The molecule has 126 valence electrons. The third-order valence-electron chi connectivity index (χ3n) is 3.15. The van der Waals surface area contributed by atoms with Gasteiger partial charge >= 0.3 is 0 Å².